The summed E-state index contributed by atoms with van der Waals surface area (Å²) in [6.45, 7) is 4.81. The lowest BCUT2D eigenvalue weighted by atomic mass is 9.76. The van der Waals surface area contributed by atoms with Crippen LogP contribution in [0.5, 0.6) is 0 Å². The number of nitrogens with one attached hydrogen (secondary N) is 2. The van der Waals surface area contributed by atoms with Crippen molar-refractivity contribution in [1.29, 1.82) is 0 Å². The van der Waals surface area contributed by atoms with Gasteiger partial charge in [0.2, 0.25) is 10.6 Å². The molecule has 4 heterocycles. The van der Waals surface area contributed by atoms with Gasteiger partial charge in [0.05, 0.1) is 11.4 Å². The Hall–Kier alpha value is -2.06. The van der Waals surface area contributed by atoms with Crippen LogP contribution in [0.15, 0.2) is 60.7 Å². The van der Waals surface area contributed by atoms with Crippen molar-refractivity contribution < 1.29 is 0 Å². The number of aromatic amines is 2. The lowest BCUT2D eigenvalue weighted by Gasteiger charge is -2.36. The third-order valence-corrected chi connectivity index (χ3v) is 13.5. The molecule has 2 saturated heterocycles. The van der Waals surface area contributed by atoms with E-state index in [1.165, 1.54) is 88.4 Å². The molecule has 4 aromatic rings. The van der Waals surface area contributed by atoms with E-state index in [4.69, 9.17) is 46.4 Å². The number of hydrogen-bond acceptors (Lipinski definition) is 4. The van der Waals surface area contributed by atoms with Crippen LogP contribution in [0.1, 0.15) is 86.7 Å². The van der Waals surface area contributed by atoms with E-state index in [9.17, 15) is 0 Å². The summed E-state index contributed by atoms with van der Waals surface area (Å²) >= 11 is 23.9. The second-order valence-corrected chi connectivity index (χ2v) is 17.3. The highest BCUT2D eigenvalue weighted by molar-refractivity contribution is 6.33. The number of fused-ring (bicyclic) bond motifs is 2. The molecule has 4 aliphatic rings. The maximum atomic E-state index is 6.09. The van der Waals surface area contributed by atoms with Crippen LogP contribution in [0.4, 0.5) is 0 Å². The van der Waals surface area contributed by atoms with Crippen LogP contribution >= 0.6 is 46.4 Å². The summed E-state index contributed by atoms with van der Waals surface area (Å²) in [7, 11) is 0. The number of likely N-dealkylation sites (tertiary alicyclic amines) is 2. The third kappa shape index (κ3) is 10.2. The SMILES string of the molecule is Clc1nc(Cl)c(CCCN2CCC3CC(Cc4ccccc4)CCC32)[nH]1.Clc1nc(Cl)c(CCCN2CCC3CC(Cc4ccccc4)CCC32)[nH]1. The first-order valence-corrected chi connectivity index (χ1v) is 21.2. The molecule has 8 rings (SSSR count). The van der Waals surface area contributed by atoms with Crippen LogP contribution in [0.3, 0.4) is 0 Å². The fraction of sp³-hybridized carbons (Fsp3) is 0.571. The Morgan fingerprint density at radius 2 is 0.981 bits per heavy atom. The first-order valence-electron chi connectivity index (χ1n) is 19.7. The van der Waals surface area contributed by atoms with Gasteiger partial charge in [0.15, 0.2) is 10.3 Å². The number of halogens is 4. The summed E-state index contributed by atoms with van der Waals surface area (Å²) in [6, 6.07) is 23.6. The van der Waals surface area contributed by atoms with Gasteiger partial charge < -0.3 is 19.8 Å². The summed E-state index contributed by atoms with van der Waals surface area (Å²) in [5.74, 6) is 3.51. The van der Waals surface area contributed by atoms with Gasteiger partial charge in [-0.3, -0.25) is 0 Å². The average molecular weight is 785 g/mol. The van der Waals surface area contributed by atoms with Crippen molar-refractivity contribution in [3.63, 3.8) is 0 Å². The lowest BCUT2D eigenvalue weighted by molar-refractivity contribution is 0.150. The zero-order valence-electron chi connectivity index (χ0n) is 30.3. The summed E-state index contributed by atoms with van der Waals surface area (Å²) < 4.78 is 0. The zero-order chi connectivity index (χ0) is 35.9. The average Bonchev–Trinajstić information content (AvgIpc) is 3.91. The molecule has 10 heteroatoms. The molecule has 0 bridgehead atoms. The standard InChI is InChI=1S/2C21H27Cl2N3/c2*22-20-18(24-21(23)25-20)7-4-11-26-12-10-17-14-16(8-9-19(17)26)13-15-5-2-1-3-6-15/h2*1-3,5-6,16-17,19H,4,7-14H2,(H,24,25). The summed E-state index contributed by atoms with van der Waals surface area (Å²) in [4.78, 5) is 19.6. The van der Waals surface area contributed by atoms with Gasteiger partial charge in [-0.25, -0.2) is 9.97 Å². The van der Waals surface area contributed by atoms with Crippen molar-refractivity contribution in [2.24, 2.45) is 23.7 Å². The third-order valence-electron chi connectivity index (χ3n) is 12.5. The van der Waals surface area contributed by atoms with Crippen LogP contribution < -0.4 is 0 Å². The van der Waals surface area contributed by atoms with Gasteiger partial charge in [0.1, 0.15) is 0 Å². The van der Waals surface area contributed by atoms with Crippen molar-refractivity contribution in [2.45, 2.75) is 102 Å². The molecule has 0 spiro atoms. The van der Waals surface area contributed by atoms with Gasteiger partial charge in [0, 0.05) is 12.1 Å². The highest BCUT2D eigenvalue weighted by Gasteiger charge is 2.39. The van der Waals surface area contributed by atoms with Crippen molar-refractivity contribution in [3.05, 3.63) is 104 Å². The first-order chi connectivity index (χ1) is 25.4. The van der Waals surface area contributed by atoms with Crippen LogP contribution in [-0.2, 0) is 25.7 Å². The Labute approximate surface area is 330 Å². The normalized spacial score (nSPS) is 26.2. The smallest absolute Gasteiger partial charge is 0.201 e. The zero-order valence-corrected chi connectivity index (χ0v) is 33.3. The Morgan fingerprint density at radius 1 is 0.558 bits per heavy atom. The van der Waals surface area contributed by atoms with Crippen molar-refractivity contribution in [1.82, 2.24) is 29.7 Å². The number of imidazole rings is 2. The maximum Gasteiger partial charge on any atom is 0.201 e. The van der Waals surface area contributed by atoms with E-state index in [0.717, 1.165) is 85.9 Å². The molecular formula is C42H54Cl4N6. The molecule has 2 aromatic heterocycles. The molecule has 0 radical (unpaired) electrons. The molecule has 280 valence electrons. The van der Waals surface area contributed by atoms with Gasteiger partial charge in [-0.1, -0.05) is 83.9 Å². The molecule has 6 unspecified atom stereocenters. The van der Waals surface area contributed by atoms with E-state index in [-0.39, 0.29) is 0 Å². The van der Waals surface area contributed by atoms with E-state index < -0.39 is 0 Å². The topological polar surface area (TPSA) is 63.8 Å². The number of aromatic nitrogens is 4. The minimum absolute atomic E-state index is 0.392. The fourth-order valence-corrected chi connectivity index (χ4v) is 11.0. The molecule has 2 aromatic carbocycles. The number of rotatable bonds is 12. The molecule has 6 atom stereocenters. The number of aryl methyl sites for hydroxylation is 2. The minimum Gasteiger partial charge on any atom is -0.331 e. The van der Waals surface area contributed by atoms with E-state index in [1.54, 1.807) is 0 Å². The van der Waals surface area contributed by atoms with E-state index in [0.29, 0.717) is 20.9 Å². The quantitative estimate of drug-likeness (QED) is 0.150. The maximum absolute atomic E-state index is 6.09. The van der Waals surface area contributed by atoms with Crippen LogP contribution in [0, 0.1) is 23.7 Å². The van der Waals surface area contributed by atoms with E-state index >= 15 is 0 Å². The fourth-order valence-electron chi connectivity index (χ4n) is 10.1. The summed E-state index contributed by atoms with van der Waals surface area (Å²) in [6.07, 6.45) is 17.6. The lowest BCUT2D eigenvalue weighted by Crippen LogP contribution is -2.37. The van der Waals surface area contributed by atoms with Gasteiger partial charge in [-0.15, -0.1) is 0 Å². The van der Waals surface area contributed by atoms with Crippen LogP contribution in [-0.4, -0.2) is 68.0 Å². The van der Waals surface area contributed by atoms with Crippen molar-refractivity contribution >= 4 is 46.4 Å². The van der Waals surface area contributed by atoms with Gasteiger partial charge in [0.25, 0.3) is 0 Å². The minimum atomic E-state index is 0.392. The van der Waals surface area contributed by atoms with Gasteiger partial charge >= 0.3 is 0 Å². The summed E-state index contributed by atoms with van der Waals surface area (Å²) in [5.41, 5.74) is 4.94. The number of hydrogen-bond donors (Lipinski definition) is 2. The first kappa shape index (κ1) is 38.2. The van der Waals surface area contributed by atoms with E-state index in [1.807, 2.05) is 0 Å². The predicted molar refractivity (Wildman–Crippen MR) is 216 cm³/mol. The Kier molecular flexibility index (Phi) is 13.6. The molecule has 2 aliphatic carbocycles. The number of benzene rings is 2. The van der Waals surface area contributed by atoms with Crippen LogP contribution in [0.2, 0.25) is 20.9 Å². The van der Waals surface area contributed by atoms with Gasteiger partial charge in [-0.2, -0.15) is 0 Å². The molecule has 0 amide bonds. The molecule has 2 saturated carbocycles. The van der Waals surface area contributed by atoms with E-state index in [2.05, 4.69) is 90.4 Å². The Morgan fingerprint density at radius 3 is 1.37 bits per heavy atom. The van der Waals surface area contributed by atoms with Gasteiger partial charge in [-0.05, 0) is 174 Å². The molecule has 2 N–H and O–H groups in total. The predicted octanol–water partition coefficient (Wildman–Crippen LogP) is 10.8. The highest BCUT2D eigenvalue weighted by Crippen LogP contribution is 2.41. The number of H-pyrrole nitrogens is 2. The second kappa shape index (κ2) is 18.5. The highest BCUT2D eigenvalue weighted by atomic mass is 35.5. The monoisotopic (exact) mass is 782 g/mol. The molecule has 2 aliphatic heterocycles. The Bertz CT molecular complexity index is 1550. The van der Waals surface area contributed by atoms with Crippen molar-refractivity contribution in [3.8, 4) is 0 Å². The molecular weight excluding hydrogens is 730 g/mol. The van der Waals surface area contributed by atoms with Crippen LogP contribution in [0.25, 0.3) is 0 Å². The second-order valence-electron chi connectivity index (χ2n) is 15.8. The molecule has 52 heavy (non-hydrogen) atoms. The molecule has 4 fully saturated rings. The Balaban J connectivity index is 0.000000162. The summed E-state index contributed by atoms with van der Waals surface area (Å²) in [5, 5.41) is 1.83. The molecule has 6 nitrogen and oxygen atoms in total. The number of nitrogens with zero attached hydrogens (tertiary/aromatic N) is 4. The largest absolute Gasteiger partial charge is 0.331 e. The van der Waals surface area contributed by atoms with Crippen molar-refractivity contribution in [2.75, 3.05) is 26.2 Å².